The first kappa shape index (κ1) is 15.6. The lowest BCUT2D eigenvalue weighted by atomic mass is 9.96. The third kappa shape index (κ3) is 4.63. The summed E-state index contributed by atoms with van der Waals surface area (Å²) in [6, 6.07) is 6.33. The van der Waals surface area contributed by atoms with Crippen molar-refractivity contribution in [3.05, 3.63) is 29.3 Å². The first-order valence-electron chi connectivity index (χ1n) is 7.11. The quantitative estimate of drug-likeness (QED) is 0.896. The molecular formula is C15H19ClN2O3. The minimum Gasteiger partial charge on any atom is -0.480 e. The molecule has 0 aliphatic heterocycles. The highest BCUT2D eigenvalue weighted by Gasteiger charge is 2.22. The molecule has 0 unspecified atom stereocenters. The maximum atomic E-state index is 12.4. The Morgan fingerprint density at radius 2 is 1.81 bits per heavy atom. The van der Waals surface area contributed by atoms with E-state index in [4.69, 9.17) is 16.7 Å². The van der Waals surface area contributed by atoms with Crippen LogP contribution in [0.3, 0.4) is 0 Å². The predicted octanol–water partition coefficient (Wildman–Crippen LogP) is 3.27. The monoisotopic (exact) mass is 310 g/mol. The van der Waals surface area contributed by atoms with Crippen molar-refractivity contribution in [3.8, 4) is 0 Å². The van der Waals surface area contributed by atoms with E-state index < -0.39 is 5.97 Å². The molecule has 6 heteroatoms. The molecule has 0 radical (unpaired) electrons. The highest BCUT2D eigenvalue weighted by Crippen LogP contribution is 2.20. The average Bonchev–Trinajstić information content (AvgIpc) is 2.46. The van der Waals surface area contributed by atoms with E-state index in [-0.39, 0.29) is 18.6 Å². The van der Waals surface area contributed by atoms with Crippen LogP contribution in [0.1, 0.15) is 32.1 Å². The van der Waals surface area contributed by atoms with E-state index in [2.05, 4.69) is 5.32 Å². The molecule has 2 N–H and O–H groups in total. The third-order valence-electron chi connectivity index (χ3n) is 3.61. The minimum absolute atomic E-state index is 0.134. The van der Waals surface area contributed by atoms with Gasteiger partial charge in [-0.1, -0.05) is 30.9 Å². The lowest BCUT2D eigenvalue weighted by Crippen LogP contribution is -2.47. The van der Waals surface area contributed by atoms with Crippen LogP contribution in [0.4, 0.5) is 10.5 Å². The Balaban J connectivity index is 2.08. The molecule has 114 valence electrons. The topological polar surface area (TPSA) is 69.6 Å². The molecule has 1 saturated carbocycles. The van der Waals surface area contributed by atoms with Gasteiger partial charge in [-0.05, 0) is 37.1 Å². The molecule has 1 aliphatic rings. The molecule has 1 aromatic carbocycles. The number of aliphatic carboxylic acids is 1. The lowest BCUT2D eigenvalue weighted by molar-refractivity contribution is -0.135. The summed E-state index contributed by atoms with van der Waals surface area (Å²) in [7, 11) is 0. The van der Waals surface area contributed by atoms with Gasteiger partial charge in [0.1, 0.15) is 6.54 Å². The van der Waals surface area contributed by atoms with Gasteiger partial charge in [0.15, 0.2) is 0 Å². The number of urea groups is 1. The number of carbonyl (C=O) groups is 2. The Morgan fingerprint density at radius 1 is 1.19 bits per heavy atom. The standard InChI is InChI=1S/C15H19ClN2O3/c16-11-6-8-13(9-7-11)18(10-14(19)20)15(21)17-12-4-2-1-3-5-12/h6-9,12H,1-5,10H2,(H,17,21)(H,19,20). The molecule has 2 rings (SSSR count). The van der Waals surface area contributed by atoms with Crippen molar-refractivity contribution in [1.82, 2.24) is 5.32 Å². The van der Waals surface area contributed by atoms with Gasteiger partial charge in [-0.25, -0.2) is 4.79 Å². The summed E-state index contributed by atoms with van der Waals surface area (Å²) in [6.07, 6.45) is 5.30. The molecule has 2 amide bonds. The number of halogens is 1. The highest BCUT2D eigenvalue weighted by atomic mass is 35.5. The van der Waals surface area contributed by atoms with Crippen LogP contribution >= 0.6 is 11.6 Å². The third-order valence-corrected chi connectivity index (χ3v) is 3.86. The van der Waals surface area contributed by atoms with Gasteiger partial charge < -0.3 is 10.4 Å². The van der Waals surface area contributed by atoms with Gasteiger partial charge in [-0.2, -0.15) is 0 Å². The number of amides is 2. The first-order valence-corrected chi connectivity index (χ1v) is 7.49. The van der Waals surface area contributed by atoms with E-state index in [0.717, 1.165) is 25.7 Å². The van der Waals surface area contributed by atoms with Crippen molar-refractivity contribution in [2.24, 2.45) is 0 Å². The van der Waals surface area contributed by atoms with Crippen LogP contribution in [0.5, 0.6) is 0 Å². The molecule has 1 aromatic rings. The summed E-state index contributed by atoms with van der Waals surface area (Å²) in [5.74, 6) is -1.05. The largest absolute Gasteiger partial charge is 0.480 e. The summed E-state index contributed by atoms with van der Waals surface area (Å²) >= 11 is 5.82. The number of carboxylic acid groups (broad SMARTS) is 1. The second kappa shape index (κ2) is 7.31. The summed E-state index contributed by atoms with van der Waals surface area (Å²) < 4.78 is 0. The fourth-order valence-electron chi connectivity index (χ4n) is 2.54. The SMILES string of the molecule is O=C(O)CN(C(=O)NC1CCCCC1)c1ccc(Cl)cc1. The maximum Gasteiger partial charge on any atom is 0.323 e. The summed E-state index contributed by atoms with van der Waals surface area (Å²) in [5, 5.41) is 12.5. The number of carboxylic acids is 1. The van der Waals surface area contributed by atoms with Crippen LogP contribution in [0.15, 0.2) is 24.3 Å². The number of benzene rings is 1. The van der Waals surface area contributed by atoms with Gasteiger partial charge >= 0.3 is 12.0 Å². The molecule has 0 aromatic heterocycles. The van der Waals surface area contributed by atoms with E-state index in [1.54, 1.807) is 24.3 Å². The number of carbonyl (C=O) groups excluding carboxylic acids is 1. The van der Waals surface area contributed by atoms with E-state index in [0.29, 0.717) is 10.7 Å². The predicted molar refractivity (Wildman–Crippen MR) is 81.8 cm³/mol. The zero-order valence-corrected chi connectivity index (χ0v) is 12.5. The molecular weight excluding hydrogens is 292 g/mol. The Kier molecular flexibility index (Phi) is 5.44. The summed E-state index contributed by atoms with van der Waals surface area (Å²) in [6.45, 7) is -0.375. The highest BCUT2D eigenvalue weighted by molar-refractivity contribution is 6.30. The first-order chi connectivity index (χ1) is 10.1. The van der Waals surface area contributed by atoms with E-state index >= 15 is 0 Å². The average molecular weight is 311 g/mol. The molecule has 0 bridgehead atoms. The van der Waals surface area contributed by atoms with Crippen LogP contribution in [0.25, 0.3) is 0 Å². The van der Waals surface area contributed by atoms with Gasteiger partial charge in [0, 0.05) is 16.8 Å². The number of rotatable bonds is 4. The molecule has 0 spiro atoms. The van der Waals surface area contributed by atoms with Crippen LogP contribution in [-0.4, -0.2) is 29.7 Å². The van der Waals surface area contributed by atoms with Crippen molar-refractivity contribution < 1.29 is 14.7 Å². The summed E-state index contributed by atoms with van der Waals surface area (Å²) in [4.78, 5) is 24.6. The van der Waals surface area contributed by atoms with Crippen LogP contribution in [0, 0.1) is 0 Å². The molecule has 5 nitrogen and oxygen atoms in total. The zero-order valence-electron chi connectivity index (χ0n) is 11.7. The molecule has 1 aliphatic carbocycles. The molecule has 1 fully saturated rings. The lowest BCUT2D eigenvalue weighted by Gasteiger charge is -2.27. The Hall–Kier alpha value is -1.75. The van der Waals surface area contributed by atoms with E-state index in [1.165, 1.54) is 11.3 Å². The molecule has 0 saturated heterocycles. The van der Waals surface area contributed by atoms with Crippen molar-refractivity contribution in [2.75, 3.05) is 11.4 Å². The van der Waals surface area contributed by atoms with E-state index in [1.807, 2.05) is 0 Å². The van der Waals surface area contributed by atoms with Crippen molar-refractivity contribution in [3.63, 3.8) is 0 Å². The van der Waals surface area contributed by atoms with Gasteiger partial charge in [0.25, 0.3) is 0 Å². The van der Waals surface area contributed by atoms with Crippen molar-refractivity contribution in [2.45, 2.75) is 38.1 Å². The van der Waals surface area contributed by atoms with Crippen LogP contribution in [-0.2, 0) is 4.79 Å². The normalized spacial score (nSPS) is 15.5. The molecule has 0 heterocycles. The van der Waals surface area contributed by atoms with Crippen molar-refractivity contribution in [1.29, 1.82) is 0 Å². The zero-order chi connectivity index (χ0) is 15.2. The Bertz CT molecular complexity index is 498. The van der Waals surface area contributed by atoms with Gasteiger partial charge in [-0.15, -0.1) is 0 Å². The van der Waals surface area contributed by atoms with Crippen LogP contribution in [0.2, 0.25) is 5.02 Å². The number of hydrogen-bond donors (Lipinski definition) is 2. The van der Waals surface area contributed by atoms with Gasteiger partial charge in [-0.3, -0.25) is 9.69 Å². The van der Waals surface area contributed by atoms with Crippen molar-refractivity contribution >= 4 is 29.3 Å². The molecule has 21 heavy (non-hydrogen) atoms. The maximum absolute atomic E-state index is 12.4. The minimum atomic E-state index is -1.05. The second-order valence-corrected chi connectivity index (χ2v) is 5.68. The number of nitrogens with zero attached hydrogens (tertiary/aromatic N) is 1. The molecule has 0 atom stereocenters. The number of anilines is 1. The fourth-order valence-corrected chi connectivity index (χ4v) is 2.66. The summed E-state index contributed by atoms with van der Waals surface area (Å²) in [5.41, 5.74) is 0.523. The number of hydrogen-bond acceptors (Lipinski definition) is 2. The second-order valence-electron chi connectivity index (χ2n) is 5.24. The van der Waals surface area contributed by atoms with E-state index in [9.17, 15) is 9.59 Å². The smallest absolute Gasteiger partial charge is 0.323 e. The van der Waals surface area contributed by atoms with Gasteiger partial charge in [0.05, 0.1) is 0 Å². The Labute approximate surface area is 128 Å². The number of nitrogens with one attached hydrogen (secondary N) is 1. The van der Waals surface area contributed by atoms with Crippen LogP contribution < -0.4 is 10.2 Å². The fraction of sp³-hybridized carbons (Fsp3) is 0.467. The Morgan fingerprint density at radius 3 is 2.38 bits per heavy atom. The van der Waals surface area contributed by atoms with Gasteiger partial charge in [0.2, 0.25) is 0 Å².